The molecule has 2 nitrogen and oxygen atoms in total. The number of ether oxygens (including phenoxy) is 1. The topological polar surface area (TPSA) is 35.2 Å². The maximum atomic E-state index is 6.02. The van der Waals surface area contributed by atoms with Gasteiger partial charge >= 0.3 is 0 Å². The van der Waals surface area contributed by atoms with E-state index in [0.717, 1.165) is 23.3 Å². The minimum atomic E-state index is 0.176. The van der Waals surface area contributed by atoms with E-state index in [9.17, 15) is 0 Å². The Kier molecular flexibility index (Phi) is 3.89. The van der Waals surface area contributed by atoms with Crippen LogP contribution in [-0.4, -0.2) is 6.04 Å². The highest BCUT2D eigenvalue weighted by molar-refractivity contribution is 5.88. The first-order chi connectivity index (χ1) is 10.2. The van der Waals surface area contributed by atoms with E-state index >= 15 is 0 Å². The van der Waals surface area contributed by atoms with Gasteiger partial charge in [0.15, 0.2) is 0 Å². The summed E-state index contributed by atoms with van der Waals surface area (Å²) >= 11 is 0. The van der Waals surface area contributed by atoms with Crippen LogP contribution in [0.3, 0.4) is 0 Å². The third-order valence-corrected chi connectivity index (χ3v) is 3.46. The SMILES string of the molecule is CC(N)Cc1ccc(Oc2cccc3ccccc23)cc1. The molecule has 1 unspecified atom stereocenters. The molecule has 0 aliphatic heterocycles. The zero-order valence-electron chi connectivity index (χ0n) is 12.1. The van der Waals surface area contributed by atoms with E-state index in [1.165, 1.54) is 10.9 Å². The fraction of sp³-hybridized carbons (Fsp3) is 0.158. The van der Waals surface area contributed by atoms with Gasteiger partial charge in [-0.2, -0.15) is 0 Å². The second kappa shape index (κ2) is 5.98. The molecule has 2 N–H and O–H groups in total. The number of hydrogen-bond donors (Lipinski definition) is 1. The fourth-order valence-electron chi connectivity index (χ4n) is 2.48. The van der Waals surface area contributed by atoms with Crippen LogP contribution in [0, 0.1) is 0 Å². The molecule has 0 bridgehead atoms. The van der Waals surface area contributed by atoms with Gasteiger partial charge in [0.2, 0.25) is 0 Å². The van der Waals surface area contributed by atoms with Crippen molar-refractivity contribution >= 4 is 10.8 Å². The summed E-state index contributed by atoms with van der Waals surface area (Å²) in [7, 11) is 0. The molecule has 0 fully saturated rings. The van der Waals surface area contributed by atoms with Crippen molar-refractivity contribution in [3.63, 3.8) is 0 Å². The molecule has 0 aliphatic rings. The van der Waals surface area contributed by atoms with E-state index in [1.807, 2.05) is 43.3 Å². The van der Waals surface area contributed by atoms with Gasteiger partial charge in [0, 0.05) is 11.4 Å². The first-order valence-corrected chi connectivity index (χ1v) is 7.22. The third-order valence-electron chi connectivity index (χ3n) is 3.46. The highest BCUT2D eigenvalue weighted by atomic mass is 16.5. The minimum Gasteiger partial charge on any atom is -0.457 e. The molecule has 0 saturated carbocycles. The molecule has 3 aromatic carbocycles. The second-order valence-electron chi connectivity index (χ2n) is 5.40. The van der Waals surface area contributed by atoms with Crippen molar-refractivity contribution < 1.29 is 4.74 Å². The molecule has 0 amide bonds. The van der Waals surface area contributed by atoms with Crippen molar-refractivity contribution in [2.75, 3.05) is 0 Å². The van der Waals surface area contributed by atoms with Crippen molar-refractivity contribution in [3.8, 4) is 11.5 Å². The van der Waals surface area contributed by atoms with Gasteiger partial charge in [0.1, 0.15) is 11.5 Å². The first-order valence-electron chi connectivity index (χ1n) is 7.22. The molecule has 0 radical (unpaired) electrons. The van der Waals surface area contributed by atoms with E-state index < -0.39 is 0 Å². The average Bonchev–Trinajstić information content (AvgIpc) is 2.49. The lowest BCUT2D eigenvalue weighted by Crippen LogP contribution is -2.17. The van der Waals surface area contributed by atoms with Crippen molar-refractivity contribution in [2.45, 2.75) is 19.4 Å². The molecule has 1 atom stereocenters. The molecule has 3 aromatic rings. The molecule has 2 heteroatoms. The Hall–Kier alpha value is -2.32. The van der Waals surface area contributed by atoms with Gasteiger partial charge in [-0.05, 0) is 42.5 Å². The summed E-state index contributed by atoms with van der Waals surface area (Å²) in [4.78, 5) is 0. The average molecular weight is 277 g/mol. The lowest BCUT2D eigenvalue weighted by Gasteiger charge is -2.10. The van der Waals surface area contributed by atoms with Crippen molar-refractivity contribution in [1.29, 1.82) is 0 Å². The second-order valence-corrected chi connectivity index (χ2v) is 5.40. The Balaban J connectivity index is 1.85. The van der Waals surface area contributed by atoms with Gasteiger partial charge in [-0.25, -0.2) is 0 Å². The quantitative estimate of drug-likeness (QED) is 0.761. The normalized spacial score (nSPS) is 12.3. The molecular weight excluding hydrogens is 258 g/mol. The van der Waals surface area contributed by atoms with Gasteiger partial charge in [-0.1, -0.05) is 48.5 Å². The third kappa shape index (κ3) is 3.23. The van der Waals surface area contributed by atoms with E-state index in [4.69, 9.17) is 10.5 Å². The predicted octanol–water partition coefficient (Wildman–Crippen LogP) is 4.52. The van der Waals surface area contributed by atoms with Crippen LogP contribution in [0.2, 0.25) is 0 Å². The zero-order chi connectivity index (χ0) is 14.7. The van der Waals surface area contributed by atoms with Crippen molar-refractivity contribution in [1.82, 2.24) is 0 Å². The lowest BCUT2D eigenvalue weighted by atomic mass is 10.1. The standard InChI is InChI=1S/C19H19NO/c1-14(20)13-15-9-11-17(12-10-15)21-19-8-4-6-16-5-2-3-7-18(16)19/h2-12,14H,13,20H2,1H3. The maximum absolute atomic E-state index is 6.02. The number of hydrogen-bond acceptors (Lipinski definition) is 2. The highest BCUT2D eigenvalue weighted by Crippen LogP contribution is 2.29. The van der Waals surface area contributed by atoms with Crippen molar-refractivity contribution in [2.24, 2.45) is 5.73 Å². The van der Waals surface area contributed by atoms with E-state index in [2.05, 4.69) is 30.3 Å². The number of nitrogens with two attached hydrogens (primary N) is 1. The molecule has 21 heavy (non-hydrogen) atoms. The van der Waals surface area contributed by atoms with Crippen LogP contribution in [0.5, 0.6) is 11.5 Å². The van der Waals surface area contributed by atoms with Crippen LogP contribution >= 0.6 is 0 Å². The summed E-state index contributed by atoms with van der Waals surface area (Å²) < 4.78 is 6.02. The number of benzene rings is 3. The summed E-state index contributed by atoms with van der Waals surface area (Å²) in [6, 6.07) is 22.7. The van der Waals surface area contributed by atoms with Crippen LogP contribution < -0.4 is 10.5 Å². The molecule has 0 aliphatic carbocycles. The van der Waals surface area contributed by atoms with Crippen LogP contribution in [0.15, 0.2) is 66.7 Å². The summed E-state index contributed by atoms with van der Waals surface area (Å²) in [6.07, 6.45) is 0.883. The molecule has 0 heterocycles. The van der Waals surface area contributed by atoms with Gasteiger partial charge in [0.05, 0.1) is 0 Å². The molecule has 0 saturated heterocycles. The monoisotopic (exact) mass is 277 g/mol. The number of rotatable bonds is 4. The van der Waals surface area contributed by atoms with E-state index in [-0.39, 0.29) is 6.04 Å². The Bertz CT molecular complexity index is 727. The zero-order valence-corrected chi connectivity index (χ0v) is 12.1. The molecule has 3 rings (SSSR count). The predicted molar refractivity (Wildman–Crippen MR) is 87.8 cm³/mol. The smallest absolute Gasteiger partial charge is 0.135 e. The summed E-state index contributed by atoms with van der Waals surface area (Å²) in [5, 5.41) is 2.31. The van der Waals surface area contributed by atoms with Crippen LogP contribution in [-0.2, 0) is 6.42 Å². The van der Waals surface area contributed by atoms with Gasteiger partial charge in [0.25, 0.3) is 0 Å². The van der Waals surface area contributed by atoms with Gasteiger partial charge in [-0.15, -0.1) is 0 Å². The lowest BCUT2D eigenvalue weighted by molar-refractivity contribution is 0.488. The largest absolute Gasteiger partial charge is 0.457 e. The van der Waals surface area contributed by atoms with Gasteiger partial charge < -0.3 is 10.5 Å². The van der Waals surface area contributed by atoms with Crippen molar-refractivity contribution in [3.05, 3.63) is 72.3 Å². The Morgan fingerprint density at radius 1 is 0.905 bits per heavy atom. The Labute approximate surface area is 125 Å². The van der Waals surface area contributed by atoms with Crippen LogP contribution in [0.1, 0.15) is 12.5 Å². The molecule has 0 aromatic heterocycles. The van der Waals surface area contributed by atoms with E-state index in [0.29, 0.717) is 0 Å². The highest BCUT2D eigenvalue weighted by Gasteiger charge is 2.03. The first kappa shape index (κ1) is 13.7. The summed E-state index contributed by atoms with van der Waals surface area (Å²) in [5.41, 5.74) is 7.05. The minimum absolute atomic E-state index is 0.176. The Morgan fingerprint density at radius 3 is 2.38 bits per heavy atom. The summed E-state index contributed by atoms with van der Waals surface area (Å²) in [6.45, 7) is 2.01. The Morgan fingerprint density at radius 2 is 1.62 bits per heavy atom. The molecule has 106 valence electrons. The molecule has 0 spiro atoms. The van der Waals surface area contributed by atoms with Crippen LogP contribution in [0.25, 0.3) is 10.8 Å². The maximum Gasteiger partial charge on any atom is 0.135 e. The summed E-state index contributed by atoms with van der Waals surface area (Å²) in [5.74, 6) is 1.73. The van der Waals surface area contributed by atoms with E-state index in [1.54, 1.807) is 0 Å². The fourth-order valence-corrected chi connectivity index (χ4v) is 2.48. The molecular formula is C19H19NO. The number of fused-ring (bicyclic) bond motifs is 1. The van der Waals surface area contributed by atoms with Gasteiger partial charge in [-0.3, -0.25) is 0 Å². The van der Waals surface area contributed by atoms with Crippen LogP contribution in [0.4, 0.5) is 0 Å².